The van der Waals surface area contributed by atoms with Crippen molar-refractivity contribution >= 4 is 5.97 Å². The van der Waals surface area contributed by atoms with E-state index in [9.17, 15) is 9.90 Å². The standard InChI is InChI=1S/C15H28N2O3/c1-3-8-16-15(2,14(18)19)7-4-9-17-10-12-5-6-13(11-17)20-12/h12-13,16H,3-11H2,1-2H3,(H,18,19). The van der Waals surface area contributed by atoms with Crippen molar-refractivity contribution in [3.63, 3.8) is 0 Å². The third-order valence-corrected chi connectivity index (χ3v) is 4.51. The van der Waals surface area contributed by atoms with Gasteiger partial charge in [0.2, 0.25) is 0 Å². The van der Waals surface area contributed by atoms with Crippen molar-refractivity contribution in [2.75, 3.05) is 26.2 Å². The van der Waals surface area contributed by atoms with Crippen LogP contribution in [0.3, 0.4) is 0 Å². The van der Waals surface area contributed by atoms with Crippen molar-refractivity contribution in [1.82, 2.24) is 10.2 Å². The topological polar surface area (TPSA) is 61.8 Å². The fourth-order valence-corrected chi connectivity index (χ4v) is 3.21. The van der Waals surface area contributed by atoms with Gasteiger partial charge in [-0.3, -0.25) is 9.69 Å². The number of nitrogens with zero attached hydrogens (tertiary/aromatic N) is 1. The van der Waals surface area contributed by atoms with Gasteiger partial charge in [-0.1, -0.05) is 6.92 Å². The first kappa shape index (κ1) is 15.7. The molecule has 2 fully saturated rings. The molecule has 0 spiro atoms. The van der Waals surface area contributed by atoms with Gasteiger partial charge in [-0.15, -0.1) is 0 Å². The molecular weight excluding hydrogens is 256 g/mol. The second-order valence-electron chi connectivity index (χ2n) is 6.38. The lowest BCUT2D eigenvalue weighted by Crippen LogP contribution is -2.50. The molecule has 5 nitrogen and oxygen atoms in total. The minimum Gasteiger partial charge on any atom is -0.480 e. The predicted octanol–water partition coefficient (Wildman–Crippen LogP) is 1.47. The minimum atomic E-state index is -0.790. The molecular formula is C15H28N2O3. The van der Waals surface area contributed by atoms with Crippen molar-refractivity contribution in [3.05, 3.63) is 0 Å². The zero-order valence-corrected chi connectivity index (χ0v) is 12.7. The molecule has 5 heteroatoms. The van der Waals surface area contributed by atoms with Gasteiger partial charge in [0.1, 0.15) is 5.54 Å². The largest absolute Gasteiger partial charge is 0.480 e. The summed E-state index contributed by atoms with van der Waals surface area (Å²) in [7, 11) is 0. The molecule has 2 N–H and O–H groups in total. The van der Waals surface area contributed by atoms with E-state index in [1.165, 1.54) is 12.8 Å². The maximum absolute atomic E-state index is 11.4. The van der Waals surface area contributed by atoms with Gasteiger partial charge in [0.25, 0.3) is 0 Å². The van der Waals surface area contributed by atoms with E-state index in [0.717, 1.165) is 39.0 Å². The van der Waals surface area contributed by atoms with Crippen LogP contribution in [-0.2, 0) is 9.53 Å². The Bertz CT molecular complexity index is 325. The van der Waals surface area contributed by atoms with Crippen LogP contribution in [0.4, 0.5) is 0 Å². The van der Waals surface area contributed by atoms with Crippen LogP contribution in [0, 0.1) is 0 Å². The van der Waals surface area contributed by atoms with E-state index >= 15 is 0 Å². The van der Waals surface area contributed by atoms with Gasteiger partial charge in [0.05, 0.1) is 12.2 Å². The Morgan fingerprint density at radius 3 is 2.60 bits per heavy atom. The van der Waals surface area contributed by atoms with Crippen molar-refractivity contribution < 1.29 is 14.6 Å². The Labute approximate surface area is 121 Å². The van der Waals surface area contributed by atoms with Crippen LogP contribution in [0.15, 0.2) is 0 Å². The van der Waals surface area contributed by atoms with Crippen LogP contribution in [0.25, 0.3) is 0 Å². The van der Waals surface area contributed by atoms with Crippen LogP contribution in [0.5, 0.6) is 0 Å². The smallest absolute Gasteiger partial charge is 0.323 e. The molecule has 0 aromatic rings. The van der Waals surface area contributed by atoms with Gasteiger partial charge >= 0.3 is 5.97 Å². The number of rotatable bonds is 8. The van der Waals surface area contributed by atoms with Crippen LogP contribution < -0.4 is 5.32 Å². The van der Waals surface area contributed by atoms with E-state index < -0.39 is 11.5 Å². The van der Waals surface area contributed by atoms with E-state index in [4.69, 9.17) is 4.74 Å². The second-order valence-corrected chi connectivity index (χ2v) is 6.38. The number of carboxylic acids is 1. The van der Waals surface area contributed by atoms with Gasteiger partial charge in [-0.05, 0) is 52.1 Å². The van der Waals surface area contributed by atoms with E-state index in [0.29, 0.717) is 18.6 Å². The predicted molar refractivity (Wildman–Crippen MR) is 77.9 cm³/mol. The van der Waals surface area contributed by atoms with Crippen molar-refractivity contribution in [2.24, 2.45) is 0 Å². The molecule has 2 bridgehead atoms. The van der Waals surface area contributed by atoms with E-state index in [1.807, 2.05) is 0 Å². The lowest BCUT2D eigenvalue weighted by atomic mass is 9.95. The summed E-state index contributed by atoms with van der Waals surface area (Å²) in [6.07, 6.45) is 5.75. The fraction of sp³-hybridized carbons (Fsp3) is 0.933. The minimum absolute atomic E-state index is 0.415. The zero-order valence-electron chi connectivity index (χ0n) is 12.7. The monoisotopic (exact) mass is 284 g/mol. The molecule has 2 rings (SSSR count). The first-order valence-corrected chi connectivity index (χ1v) is 7.90. The average molecular weight is 284 g/mol. The SMILES string of the molecule is CCCNC(C)(CCCN1CC2CCC(C1)O2)C(=O)O. The third-order valence-electron chi connectivity index (χ3n) is 4.51. The molecule has 0 radical (unpaired) electrons. The fourth-order valence-electron chi connectivity index (χ4n) is 3.21. The summed E-state index contributed by atoms with van der Waals surface area (Å²) < 4.78 is 5.82. The van der Waals surface area contributed by atoms with E-state index in [1.54, 1.807) is 6.92 Å². The normalized spacial score (nSPS) is 29.3. The molecule has 0 aliphatic carbocycles. The Morgan fingerprint density at radius 1 is 1.40 bits per heavy atom. The molecule has 0 saturated carbocycles. The van der Waals surface area contributed by atoms with Gasteiger partial charge in [0, 0.05) is 13.1 Å². The second kappa shape index (κ2) is 6.87. The van der Waals surface area contributed by atoms with Gasteiger partial charge in [0.15, 0.2) is 0 Å². The van der Waals surface area contributed by atoms with Gasteiger partial charge < -0.3 is 15.2 Å². The zero-order chi connectivity index (χ0) is 14.6. The van der Waals surface area contributed by atoms with Crippen molar-refractivity contribution in [3.8, 4) is 0 Å². The Morgan fingerprint density at radius 2 is 2.05 bits per heavy atom. The third kappa shape index (κ3) is 3.93. The Balaban J connectivity index is 1.74. The highest BCUT2D eigenvalue weighted by Gasteiger charge is 2.35. The summed E-state index contributed by atoms with van der Waals surface area (Å²) in [5.74, 6) is -0.743. The molecule has 116 valence electrons. The summed E-state index contributed by atoms with van der Waals surface area (Å²) in [5.41, 5.74) is -0.790. The molecule has 3 atom stereocenters. The number of aliphatic carboxylic acids is 1. The highest BCUT2D eigenvalue weighted by Crippen LogP contribution is 2.26. The molecule has 2 saturated heterocycles. The number of carbonyl (C=O) groups is 1. The van der Waals surface area contributed by atoms with Crippen LogP contribution in [0.1, 0.15) is 46.0 Å². The summed E-state index contributed by atoms with van der Waals surface area (Å²) >= 11 is 0. The summed E-state index contributed by atoms with van der Waals surface area (Å²) in [6.45, 7) is 7.62. The lowest BCUT2D eigenvalue weighted by Gasteiger charge is -2.33. The van der Waals surface area contributed by atoms with Gasteiger partial charge in [-0.2, -0.15) is 0 Å². The highest BCUT2D eigenvalue weighted by molar-refractivity contribution is 5.78. The number of fused-ring (bicyclic) bond motifs is 2. The lowest BCUT2D eigenvalue weighted by molar-refractivity contribution is -0.144. The maximum Gasteiger partial charge on any atom is 0.323 e. The van der Waals surface area contributed by atoms with Crippen LogP contribution in [-0.4, -0.2) is 59.9 Å². The summed E-state index contributed by atoms with van der Waals surface area (Å²) in [6, 6.07) is 0. The number of likely N-dealkylation sites (tertiary alicyclic amines) is 1. The molecule has 2 aliphatic rings. The number of hydrogen-bond donors (Lipinski definition) is 2. The molecule has 3 unspecified atom stereocenters. The van der Waals surface area contributed by atoms with E-state index in [2.05, 4.69) is 17.1 Å². The summed E-state index contributed by atoms with van der Waals surface area (Å²) in [5, 5.41) is 12.6. The molecule has 2 aliphatic heterocycles. The van der Waals surface area contributed by atoms with Crippen LogP contribution >= 0.6 is 0 Å². The molecule has 0 aromatic carbocycles. The van der Waals surface area contributed by atoms with Crippen molar-refractivity contribution in [1.29, 1.82) is 0 Å². The first-order valence-electron chi connectivity index (χ1n) is 7.90. The number of carboxylic acid groups (broad SMARTS) is 1. The molecule has 2 heterocycles. The highest BCUT2D eigenvalue weighted by atomic mass is 16.5. The number of ether oxygens (including phenoxy) is 1. The van der Waals surface area contributed by atoms with Crippen LogP contribution in [0.2, 0.25) is 0 Å². The number of morpholine rings is 1. The Hall–Kier alpha value is -0.650. The number of hydrogen-bond acceptors (Lipinski definition) is 4. The first-order chi connectivity index (χ1) is 9.53. The Kier molecular flexibility index (Phi) is 5.41. The summed E-state index contributed by atoms with van der Waals surface area (Å²) in [4.78, 5) is 13.9. The van der Waals surface area contributed by atoms with Gasteiger partial charge in [-0.25, -0.2) is 0 Å². The number of nitrogens with one attached hydrogen (secondary N) is 1. The van der Waals surface area contributed by atoms with E-state index in [-0.39, 0.29) is 0 Å². The molecule has 20 heavy (non-hydrogen) atoms. The van der Waals surface area contributed by atoms with Crippen molar-refractivity contribution in [2.45, 2.75) is 63.7 Å². The molecule has 0 aromatic heterocycles. The average Bonchev–Trinajstić information content (AvgIpc) is 2.75. The maximum atomic E-state index is 11.4. The molecule has 0 amide bonds. The quantitative estimate of drug-likeness (QED) is 0.707.